The lowest BCUT2D eigenvalue weighted by molar-refractivity contribution is -0.139. The molecule has 0 aliphatic heterocycles. The number of pyridine rings is 1. The molecule has 6 nitrogen and oxygen atoms in total. The van der Waals surface area contributed by atoms with Gasteiger partial charge in [-0.15, -0.1) is 0 Å². The van der Waals surface area contributed by atoms with E-state index in [1.165, 1.54) is 0 Å². The molecular formula is C16H15N3O3. The molecule has 0 saturated carbocycles. The van der Waals surface area contributed by atoms with Crippen LogP contribution in [0.5, 0.6) is 0 Å². The van der Waals surface area contributed by atoms with Crippen molar-refractivity contribution in [3.8, 4) is 6.07 Å². The molecule has 1 aromatic carbocycles. The highest BCUT2D eigenvalue weighted by Crippen LogP contribution is 2.16. The molecule has 0 aliphatic carbocycles. The number of amides is 1. The van der Waals surface area contributed by atoms with Gasteiger partial charge in [-0.05, 0) is 25.5 Å². The molecule has 0 saturated heterocycles. The lowest BCUT2D eigenvalue weighted by atomic mass is 10.0. The molecule has 0 spiro atoms. The maximum atomic E-state index is 12.3. The van der Waals surface area contributed by atoms with Gasteiger partial charge in [0, 0.05) is 17.5 Å². The summed E-state index contributed by atoms with van der Waals surface area (Å²) in [5, 5.41) is 21.2. The van der Waals surface area contributed by atoms with Crippen LogP contribution in [-0.2, 0) is 4.79 Å². The molecular weight excluding hydrogens is 282 g/mol. The van der Waals surface area contributed by atoms with Gasteiger partial charge in [0.2, 0.25) is 0 Å². The van der Waals surface area contributed by atoms with Crippen molar-refractivity contribution >= 4 is 22.8 Å². The molecule has 0 bridgehead atoms. The maximum absolute atomic E-state index is 12.3. The van der Waals surface area contributed by atoms with Crippen LogP contribution in [0.2, 0.25) is 0 Å². The zero-order valence-electron chi connectivity index (χ0n) is 12.0. The van der Waals surface area contributed by atoms with E-state index in [-0.39, 0.29) is 6.42 Å². The Morgan fingerprint density at radius 2 is 2.09 bits per heavy atom. The number of carboxylic acids is 1. The monoisotopic (exact) mass is 297 g/mol. The van der Waals surface area contributed by atoms with E-state index < -0.39 is 23.8 Å². The van der Waals surface area contributed by atoms with Crippen molar-refractivity contribution in [2.75, 3.05) is 0 Å². The molecule has 2 N–H and O–H groups in total. The van der Waals surface area contributed by atoms with Gasteiger partial charge in [-0.2, -0.15) is 5.26 Å². The number of carboxylic acid groups (broad SMARTS) is 1. The number of rotatable bonds is 5. The third kappa shape index (κ3) is 3.38. The number of hydrogen-bond donors (Lipinski definition) is 2. The number of nitrogens with one attached hydrogen (secondary N) is 1. The van der Waals surface area contributed by atoms with Crippen LogP contribution in [0, 0.1) is 17.2 Å². The number of nitrogens with zero attached hydrogens (tertiary/aromatic N) is 2. The van der Waals surface area contributed by atoms with Gasteiger partial charge in [0.05, 0.1) is 17.1 Å². The van der Waals surface area contributed by atoms with Gasteiger partial charge in [-0.3, -0.25) is 9.78 Å². The zero-order chi connectivity index (χ0) is 16.1. The van der Waals surface area contributed by atoms with E-state index in [0.29, 0.717) is 11.1 Å². The summed E-state index contributed by atoms with van der Waals surface area (Å²) in [6.45, 7) is 1.61. The predicted octanol–water partition coefficient (Wildman–Crippen LogP) is 1.97. The Labute approximate surface area is 127 Å². The van der Waals surface area contributed by atoms with E-state index in [0.717, 1.165) is 5.39 Å². The number of aromatic nitrogens is 1. The molecule has 0 radical (unpaired) electrons. The van der Waals surface area contributed by atoms with Crippen molar-refractivity contribution < 1.29 is 14.7 Å². The predicted molar refractivity (Wildman–Crippen MR) is 80.0 cm³/mol. The summed E-state index contributed by atoms with van der Waals surface area (Å²) in [5.41, 5.74) is 0.828. The van der Waals surface area contributed by atoms with E-state index in [9.17, 15) is 14.7 Å². The molecule has 2 atom stereocenters. The molecule has 2 aromatic rings. The first-order valence-corrected chi connectivity index (χ1v) is 6.80. The summed E-state index contributed by atoms with van der Waals surface area (Å²) in [7, 11) is 0. The molecule has 0 fully saturated rings. The first-order chi connectivity index (χ1) is 10.5. The van der Waals surface area contributed by atoms with Crippen LogP contribution < -0.4 is 5.32 Å². The van der Waals surface area contributed by atoms with Crippen LogP contribution in [0.25, 0.3) is 10.9 Å². The molecule has 0 aliphatic rings. The molecule has 1 aromatic heterocycles. The van der Waals surface area contributed by atoms with E-state index in [1.807, 2.05) is 18.2 Å². The maximum Gasteiger partial charge on any atom is 0.326 e. The highest BCUT2D eigenvalue weighted by Gasteiger charge is 2.23. The van der Waals surface area contributed by atoms with Crippen molar-refractivity contribution in [2.45, 2.75) is 19.4 Å². The Balaban J connectivity index is 2.26. The van der Waals surface area contributed by atoms with Crippen molar-refractivity contribution in [3.63, 3.8) is 0 Å². The van der Waals surface area contributed by atoms with Gasteiger partial charge in [-0.25, -0.2) is 4.79 Å². The summed E-state index contributed by atoms with van der Waals surface area (Å²) in [4.78, 5) is 27.8. The van der Waals surface area contributed by atoms with Crippen molar-refractivity contribution in [3.05, 3.63) is 42.1 Å². The Kier molecular flexibility index (Phi) is 4.69. The average Bonchev–Trinajstić information content (AvgIpc) is 2.53. The third-order valence-electron chi connectivity index (χ3n) is 3.29. The van der Waals surface area contributed by atoms with Gasteiger partial charge in [0.15, 0.2) is 0 Å². The SMILES string of the molecule is C[C@H](C#N)C[C@H](NC(=O)c1cccc2cccnc12)C(=O)O. The highest BCUT2D eigenvalue weighted by atomic mass is 16.4. The van der Waals surface area contributed by atoms with E-state index in [1.54, 1.807) is 31.3 Å². The fourth-order valence-electron chi connectivity index (χ4n) is 2.15. The van der Waals surface area contributed by atoms with Crippen LogP contribution in [-0.4, -0.2) is 28.0 Å². The van der Waals surface area contributed by atoms with Crippen molar-refractivity contribution in [2.24, 2.45) is 5.92 Å². The number of carbonyl (C=O) groups excluding carboxylic acids is 1. The number of nitriles is 1. The molecule has 112 valence electrons. The normalized spacial score (nSPS) is 13.1. The van der Waals surface area contributed by atoms with Crippen LogP contribution in [0.3, 0.4) is 0 Å². The fraction of sp³-hybridized carbons (Fsp3) is 0.250. The van der Waals surface area contributed by atoms with Gasteiger partial charge in [0.25, 0.3) is 5.91 Å². The molecule has 0 unspecified atom stereocenters. The number of fused-ring (bicyclic) bond motifs is 1. The first-order valence-electron chi connectivity index (χ1n) is 6.80. The smallest absolute Gasteiger partial charge is 0.326 e. The van der Waals surface area contributed by atoms with Crippen LogP contribution in [0.4, 0.5) is 0 Å². The van der Waals surface area contributed by atoms with E-state index >= 15 is 0 Å². The second kappa shape index (κ2) is 6.68. The lowest BCUT2D eigenvalue weighted by Crippen LogP contribution is -2.41. The summed E-state index contributed by atoms with van der Waals surface area (Å²) in [5.74, 6) is -2.14. The number of aliphatic carboxylic acids is 1. The van der Waals surface area contributed by atoms with E-state index in [4.69, 9.17) is 5.26 Å². The summed E-state index contributed by atoms with van der Waals surface area (Å²) in [6.07, 6.45) is 1.63. The summed E-state index contributed by atoms with van der Waals surface area (Å²) >= 11 is 0. The van der Waals surface area contributed by atoms with Crippen molar-refractivity contribution in [1.29, 1.82) is 5.26 Å². The van der Waals surface area contributed by atoms with Crippen LogP contribution in [0.1, 0.15) is 23.7 Å². The minimum absolute atomic E-state index is 0.0514. The van der Waals surface area contributed by atoms with Crippen LogP contribution >= 0.6 is 0 Å². The second-order valence-electron chi connectivity index (χ2n) is 5.01. The summed E-state index contributed by atoms with van der Waals surface area (Å²) < 4.78 is 0. The Morgan fingerprint density at radius 1 is 1.36 bits per heavy atom. The highest BCUT2D eigenvalue weighted by molar-refractivity contribution is 6.06. The minimum atomic E-state index is -1.16. The topological polar surface area (TPSA) is 103 Å². The molecule has 22 heavy (non-hydrogen) atoms. The largest absolute Gasteiger partial charge is 0.480 e. The first kappa shape index (κ1) is 15.4. The van der Waals surface area contributed by atoms with Crippen molar-refractivity contribution in [1.82, 2.24) is 10.3 Å². The standard InChI is InChI=1S/C16H15N3O3/c1-10(9-17)8-13(16(21)22)19-15(20)12-6-2-4-11-5-3-7-18-14(11)12/h2-7,10,13H,8H2,1H3,(H,19,20)(H,21,22)/t10-,13-/m0/s1. The Bertz CT molecular complexity index is 746. The summed E-state index contributed by atoms with van der Waals surface area (Å²) in [6, 6.07) is 9.58. The van der Waals surface area contributed by atoms with Gasteiger partial charge < -0.3 is 10.4 Å². The molecule has 1 heterocycles. The molecule has 1 amide bonds. The van der Waals surface area contributed by atoms with Gasteiger partial charge >= 0.3 is 5.97 Å². The van der Waals surface area contributed by atoms with Gasteiger partial charge in [-0.1, -0.05) is 18.2 Å². The number of benzene rings is 1. The molecule has 6 heteroatoms. The Morgan fingerprint density at radius 3 is 2.77 bits per heavy atom. The zero-order valence-corrected chi connectivity index (χ0v) is 12.0. The van der Waals surface area contributed by atoms with Crippen LogP contribution in [0.15, 0.2) is 36.5 Å². The van der Waals surface area contributed by atoms with Gasteiger partial charge in [0.1, 0.15) is 6.04 Å². The number of carbonyl (C=O) groups is 2. The average molecular weight is 297 g/mol. The second-order valence-corrected chi connectivity index (χ2v) is 5.01. The van der Waals surface area contributed by atoms with E-state index in [2.05, 4.69) is 10.3 Å². The number of para-hydroxylation sites is 1. The molecule has 2 rings (SSSR count). The fourth-order valence-corrected chi connectivity index (χ4v) is 2.15. The minimum Gasteiger partial charge on any atom is -0.480 e. The Hall–Kier alpha value is -2.94. The lowest BCUT2D eigenvalue weighted by Gasteiger charge is -2.16. The third-order valence-corrected chi connectivity index (χ3v) is 3.29. The quantitative estimate of drug-likeness (QED) is 0.878. The number of hydrogen-bond acceptors (Lipinski definition) is 4.